The summed E-state index contributed by atoms with van der Waals surface area (Å²) in [6.45, 7) is 5.07. The van der Waals surface area contributed by atoms with E-state index in [9.17, 15) is 4.79 Å². The lowest BCUT2D eigenvalue weighted by atomic mass is 9.86. The Morgan fingerprint density at radius 3 is 2.79 bits per heavy atom. The molecule has 1 spiro atoms. The SMILES string of the molecule is COc1ncc(Cl)c([C@H](C)C(=O)N2CC[C@@]3(CCc4cc(-c5ncccn5)c(C)nc4N3)C2)n1. The monoisotopic (exact) mass is 479 g/mol. The number of nitrogens with zero attached hydrogens (tertiary/aromatic N) is 6. The lowest BCUT2D eigenvalue weighted by Gasteiger charge is -2.36. The van der Waals surface area contributed by atoms with Gasteiger partial charge in [-0.3, -0.25) is 4.79 Å². The van der Waals surface area contributed by atoms with Crippen molar-refractivity contribution in [3.63, 3.8) is 0 Å². The van der Waals surface area contributed by atoms with Gasteiger partial charge in [-0.25, -0.2) is 19.9 Å². The molecule has 2 atom stereocenters. The number of halogens is 1. The van der Waals surface area contributed by atoms with Gasteiger partial charge in [0.15, 0.2) is 5.82 Å². The third-order valence-corrected chi connectivity index (χ3v) is 7.02. The number of fused-ring (bicyclic) bond motifs is 1. The summed E-state index contributed by atoms with van der Waals surface area (Å²) in [6, 6.07) is 4.14. The van der Waals surface area contributed by atoms with E-state index in [-0.39, 0.29) is 17.5 Å². The maximum Gasteiger partial charge on any atom is 0.316 e. The van der Waals surface area contributed by atoms with Gasteiger partial charge in [0.25, 0.3) is 0 Å². The van der Waals surface area contributed by atoms with Crippen molar-refractivity contribution in [2.24, 2.45) is 0 Å². The number of aryl methyl sites for hydroxylation is 2. The van der Waals surface area contributed by atoms with Crippen LogP contribution in [-0.4, -0.2) is 61.5 Å². The molecule has 2 aliphatic heterocycles. The second-order valence-corrected chi connectivity index (χ2v) is 9.34. The van der Waals surface area contributed by atoms with Crippen LogP contribution in [0.25, 0.3) is 11.4 Å². The molecule has 2 aliphatic rings. The number of pyridine rings is 1. The molecule has 1 amide bonds. The molecule has 1 N–H and O–H groups in total. The van der Waals surface area contributed by atoms with Crippen molar-refractivity contribution in [3.8, 4) is 17.4 Å². The third kappa shape index (κ3) is 4.04. The molecule has 0 aromatic carbocycles. The van der Waals surface area contributed by atoms with Crippen LogP contribution in [0.5, 0.6) is 6.01 Å². The molecule has 1 saturated heterocycles. The molecule has 5 rings (SSSR count). The topological polar surface area (TPSA) is 106 Å². The highest BCUT2D eigenvalue weighted by atomic mass is 35.5. The van der Waals surface area contributed by atoms with E-state index in [2.05, 4.69) is 31.3 Å². The normalized spacial score (nSPS) is 20.1. The molecule has 9 nitrogen and oxygen atoms in total. The summed E-state index contributed by atoms with van der Waals surface area (Å²) in [4.78, 5) is 37.1. The van der Waals surface area contributed by atoms with E-state index in [0.29, 0.717) is 29.6 Å². The van der Waals surface area contributed by atoms with Crippen LogP contribution in [0, 0.1) is 6.92 Å². The van der Waals surface area contributed by atoms with Gasteiger partial charge in [0.05, 0.1) is 41.2 Å². The standard InChI is InChI=1S/C24H26ClN7O2/c1-14(19-18(25)12-28-23(30-19)34-3)22(33)32-10-7-24(13-32)6-5-16-11-17(15(2)29-20(16)31-24)21-26-8-4-9-27-21/h4,8-9,11-12,14H,5-7,10,13H2,1-3H3,(H,29,31)/t14-,24-/m0/s1. The van der Waals surface area contributed by atoms with Gasteiger partial charge < -0.3 is 15.0 Å². The van der Waals surface area contributed by atoms with Crippen molar-refractivity contribution < 1.29 is 9.53 Å². The molecular weight excluding hydrogens is 454 g/mol. The molecule has 0 aliphatic carbocycles. The van der Waals surface area contributed by atoms with Crippen LogP contribution in [0.2, 0.25) is 5.02 Å². The second-order valence-electron chi connectivity index (χ2n) is 8.93. The number of anilines is 1. The maximum atomic E-state index is 13.3. The lowest BCUT2D eigenvalue weighted by molar-refractivity contribution is -0.131. The first-order valence-corrected chi connectivity index (χ1v) is 11.7. The van der Waals surface area contributed by atoms with Crippen LogP contribution in [0.15, 0.2) is 30.7 Å². The lowest BCUT2D eigenvalue weighted by Crippen LogP contribution is -2.46. The summed E-state index contributed by atoms with van der Waals surface area (Å²) < 4.78 is 5.10. The van der Waals surface area contributed by atoms with Crippen LogP contribution in [0.4, 0.5) is 5.82 Å². The summed E-state index contributed by atoms with van der Waals surface area (Å²) >= 11 is 6.29. The Labute approximate surface area is 203 Å². The molecule has 1 fully saturated rings. The maximum absolute atomic E-state index is 13.3. The minimum Gasteiger partial charge on any atom is -0.467 e. The molecule has 0 unspecified atom stereocenters. The Morgan fingerprint density at radius 2 is 2.03 bits per heavy atom. The molecule has 10 heteroatoms. The fourth-order valence-corrected chi connectivity index (χ4v) is 5.08. The summed E-state index contributed by atoms with van der Waals surface area (Å²) in [5.41, 5.74) is 3.26. The van der Waals surface area contributed by atoms with Crippen molar-refractivity contribution >= 4 is 23.3 Å². The molecule has 176 valence electrons. The van der Waals surface area contributed by atoms with Crippen molar-refractivity contribution in [2.45, 2.75) is 44.6 Å². The van der Waals surface area contributed by atoms with Gasteiger partial charge in [0.1, 0.15) is 5.82 Å². The predicted octanol–water partition coefficient (Wildman–Crippen LogP) is 3.43. The van der Waals surface area contributed by atoms with Gasteiger partial charge in [0, 0.05) is 31.0 Å². The van der Waals surface area contributed by atoms with Gasteiger partial charge in [-0.2, -0.15) is 4.98 Å². The minimum absolute atomic E-state index is 0.00663. The van der Waals surface area contributed by atoms with Crippen LogP contribution in [0.1, 0.15) is 42.6 Å². The number of carbonyl (C=O) groups is 1. The Kier molecular flexibility index (Phi) is 5.81. The number of hydrogen-bond acceptors (Lipinski definition) is 8. The van der Waals surface area contributed by atoms with Gasteiger partial charge >= 0.3 is 6.01 Å². The minimum atomic E-state index is -0.496. The van der Waals surface area contributed by atoms with E-state index in [4.69, 9.17) is 21.3 Å². The number of ether oxygens (including phenoxy) is 1. The quantitative estimate of drug-likeness (QED) is 0.606. The molecule has 0 saturated carbocycles. The Morgan fingerprint density at radius 1 is 1.24 bits per heavy atom. The van der Waals surface area contributed by atoms with Gasteiger partial charge in [-0.15, -0.1) is 0 Å². The zero-order valence-corrected chi connectivity index (χ0v) is 20.1. The summed E-state index contributed by atoms with van der Waals surface area (Å²) in [6.07, 6.45) is 7.60. The summed E-state index contributed by atoms with van der Waals surface area (Å²) in [5, 5.41) is 4.03. The van der Waals surface area contributed by atoms with E-state index in [1.54, 1.807) is 18.5 Å². The third-order valence-electron chi connectivity index (χ3n) is 6.73. The van der Waals surface area contributed by atoms with Crippen molar-refractivity contribution in [1.82, 2.24) is 29.8 Å². The molecule has 3 aromatic heterocycles. The molecular formula is C24H26ClN7O2. The average molecular weight is 480 g/mol. The summed E-state index contributed by atoms with van der Waals surface area (Å²) in [5.74, 6) is 1.06. The number of likely N-dealkylation sites (tertiary alicyclic amines) is 1. The van der Waals surface area contributed by atoms with Crippen LogP contribution < -0.4 is 10.1 Å². The Balaban J connectivity index is 1.33. The first kappa shape index (κ1) is 22.5. The smallest absolute Gasteiger partial charge is 0.316 e. The largest absolute Gasteiger partial charge is 0.467 e. The van der Waals surface area contributed by atoms with Crippen LogP contribution in [0.3, 0.4) is 0 Å². The molecule has 34 heavy (non-hydrogen) atoms. The van der Waals surface area contributed by atoms with Crippen molar-refractivity contribution in [2.75, 3.05) is 25.5 Å². The van der Waals surface area contributed by atoms with Crippen molar-refractivity contribution in [1.29, 1.82) is 0 Å². The van der Waals surface area contributed by atoms with Crippen molar-refractivity contribution in [3.05, 3.63) is 52.7 Å². The van der Waals surface area contributed by atoms with Gasteiger partial charge in [-0.05, 0) is 50.8 Å². The average Bonchev–Trinajstić information content (AvgIpc) is 3.26. The zero-order chi connectivity index (χ0) is 23.9. The highest BCUT2D eigenvalue weighted by Gasteiger charge is 2.43. The number of methoxy groups -OCH3 is 1. The van der Waals surface area contributed by atoms with E-state index in [1.165, 1.54) is 13.3 Å². The Hall–Kier alpha value is -3.33. The number of aromatic nitrogens is 5. The molecule has 3 aromatic rings. The number of amides is 1. The van der Waals surface area contributed by atoms with E-state index >= 15 is 0 Å². The fourth-order valence-electron chi connectivity index (χ4n) is 4.82. The van der Waals surface area contributed by atoms with E-state index in [1.807, 2.05) is 18.7 Å². The van der Waals surface area contributed by atoms with E-state index < -0.39 is 5.92 Å². The number of rotatable bonds is 4. The van der Waals surface area contributed by atoms with Crippen LogP contribution >= 0.6 is 11.6 Å². The first-order chi connectivity index (χ1) is 16.4. The van der Waals surface area contributed by atoms with Crippen LogP contribution in [-0.2, 0) is 11.2 Å². The first-order valence-electron chi connectivity index (χ1n) is 11.3. The fraction of sp³-hybridized carbons (Fsp3) is 0.417. The van der Waals surface area contributed by atoms with E-state index in [0.717, 1.165) is 41.9 Å². The highest BCUT2D eigenvalue weighted by Crippen LogP contribution is 2.38. The molecule has 0 radical (unpaired) electrons. The molecule has 0 bridgehead atoms. The Bertz CT molecular complexity index is 1240. The number of nitrogens with one attached hydrogen (secondary N) is 1. The van der Waals surface area contributed by atoms with Gasteiger partial charge in [0.2, 0.25) is 5.91 Å². The predicted molar refractivity (Wildman–Crippen MR) is 128 cm³/mol. The highest BCUT2D eigenvalue weighted by molar-refractivity contribution is 6.31. The second kappa shape index (κ2) is 8.79. The number of hydrogen-bond donors (Lipinski definition) is 1. The number of carbonyl (C=O) groups excluding carboxylic acids is 1. The summed E-state index contributed by atoms with van der Waals surface area (Å²) in [7, 11) is 1.49. The zero-order valence-electron chi connectivity index (χ0n) is 19.4. The van der Waals surface area contributed by atoms with Gasteiger partial charge in [-0.1, -0.05) is 11.6 Å². The molecule has 5 heterocycles.